The van der Waals surface area contributed by atoms with Gasteiger partial charge in [0.25, 0.3) is 0 Å². The SMILES string of the molecule is C.CC.Cc1cccc(C)c1C. The molecule has 1 aromatic rings. The van der Waals surface area contributed by atoms with Crippen molar-refractivity contribution in [1.29, 1.82) is 0 Å². The van der Waals surface area contributed by atoms with Gasteiger partial charge in [0.05, 0.1) is 0 Å². The molecule has 0 spiro atoms. The first kappa shape index (κ1) is 13.8. The molecule has 0 bridgehead atoms. The van der Waals surface area contributed by atoms with Crippen molar-refractivity contribution in [2.45, 2.75) is 42.0 Å². The van der Waals surface area contributed by atoms with E-state index in [1.54, 1.807) is 0 Å². The standard InChI is InChI=1S/C9H12.C2H6.CH4/c1-7-5-4-6-8(2)9(7)3;1-2;/h4-6H,1-3H3;1-2H3;1H4. The van der Waals surface area contributed by atoms with Crippen LogP contribution in [0.1, 0.15) is 38.0 Å². The van der Waals surface area contributed by atoms with Gasteiger partial charge in [-0.05, 0) is 37.5 Å². The molecular weight excluding hydrogens is 144 g/mol. The summed E-state index contributed by atoms with van der Waals surface area (Å²) in [7, 11) is 0. The predicted octanol–water partition coefficient (Wildman–Crippen LogP) is 4.27. The molecule has 0 amide bonds. The number of hydrogen-bond acceptors (Lipinski definition) is 0. The molecule has 0 radical (unpaired) electrons. The van der Waals surface area contributed by atoms with E-state index < -0.39 is 0 Å². The maximum atomic E-state index is 2.16. The van der Waals surface area contributed by atoms with Crippen LogP contribution in [0.2, 0.25) is 0 Å². The highest BCUT2D eigenvalue weighted by Crippen LogP contribution is 2.09. The minimum atomic E-state index is 0. The zero-order valence-electron chi connectivity index (χ0n) is 8.23. The van der Waals surface area contributed by atoms with Gasteiger partial charge in [-0.1, -0.05) is 39.5 Å². The zero-order valence-corrected chi connectivity index (χ0v) is 8.23. The van der Waals surface area contributed by atoms with Gasteiger partial charge in [0.2, 0.25) is 0 Å². The topological polar surface area (TPSA) is 0 Å². The first-order chi connectivity index (χ1) is 5.22. The van der Waals surface area contributed by atoms with Gasteiger partial charge in [-0.3, -0.25) is 0 Å². The fraction of sp³-hybridized carbons (Fsp3) is 0.500. The molecule has 0 aliphatic rings. The molecule has 70 valence electrons. The molecule has 0 heterocycles. The predicted molar refractivity (Wildman–Crippen MR) is 58.7 cm³/mol. The Bertz CT molecular complexity index is 191. The Kier molecular flexibility index (Phi) is 7.93. The highest BCUT2D eigenvalue weighted by atomic mass is 14.0. The lowest BCUT2D eigenvalue weighted by molar-refractivity contribution is 1.27. The van der Waals surface area contributed by atoms with Crippen LogP contribution in [0.3, 0.4) is 0 Å². The van der Waals surface area contributed by atoms with Gasteiger partial charge >= 0.3 is 0 Å². The summed E-state index contributed by atoms with van der Waals surface area (Å²) in [6, 6.07) is 6.38. The largest absolute Gasteiger partial charge is 0.0776 e. The van der Waals surface area contributed by atoms with Crippen LogP contribution >= 0.6 is 0 Å². The van der Waals surface area contributed by atoms with E-state index >= 15 is 0 Å². The number of aryl methyl sites for hydroxylation is 2. The normalized spacial score (nSPS) is 7.75. The van der Waals surface area contributed by atoms with Crippen molar-refractivity contribution in [2.75, 3.05) is 0 Å². The van der Waals surface area contributed by atoms with Crippen LogP contribution in [0.15, 0.2) is 18.2 Å². The van der Waals surface area contributed by atoms with Crippen LogP contribution in [-0.4, -0.2) is 0 Å². The van der Waals surface area contributed by atoms with Gasteiger partial charge in [0.1, 0.15) is 0 Å². The van der Waals surface area contributed by atoms with Crippen molar-refractivity contribution in [2.24, 2.45) is 0 Å². The molecule has 0 fully saturated rings. The second-order valence-corrected chi connectivity index (χ2v) is 2.52. The van der Waals surface area contributed by atoms with Crippen molar-refractivity contribution in [3.8, 4) is 0 Å². The summed E-state index contributed by atoms with van der Waals surface area (Å²) < 4.78 is 0. The van der Waals surface area contributed by atoms with Gasteiger partial charge in [-0.2, -0.15) is 0 Å². The maximum Gasteiger partial charge on any atom is -0.0392 e. The molecule has 0 unspecified atom stereocenters. The molecule has 12 heavy (non-hydrogen) atoms. The molecule has 0 aliphatic carbocycles. The number of benzene rings is 1. The first-order valence-electron chi connectivity index (χ1n) is 4.24. The summed E-state index contributed by atoms with van der Waals surface area (Å²) >= 11 is 0. The maximum absolute atomic E-state index is 2.16. The van der Waals surface area contributed by atoms with Crippen LogP contribution in [-0.2, 0) is 0 Å². The number of rotatable bonds is 0. The van der Waals surface area contributed by atoms with Gasteiger partial charge in [0.15, 0.2) is 0 Å². The minimum absolute atomic E-state index is 0. The van der Waals surface area contributed by atoms with E-state index in [4.69, 9.17) is 0 Å². The van der Waals surface area contributed by atoms with Crippen molar-refractivity contribution >= 4 is 0 Å². The Balaban J connectivity index is 0. The molecule has 0 N–H and O–H groups in total. The fourth-order valence-electron chi connectivity index (χ4n) is 0.898. The average Bonchev–Trinajstić information content (AvgIpc) is 2.04. The fourth-order valence-corrected chi connectivity index (χ4v) is 0.898. The molecular formula is C12H22. The third-order valence-corrected chi connectivity index (χ3v) is 1.88. The average molecular weight is 166 g/mol. The summed E-state index contributed by atoms with van der Waals surface area (Å²) in [5.41, 5.74) is 4.18. The Morgan fingerprint density at radius 3 is 1.42 bits per heavy atom. The third-order valence-electron chi connectivity index (χ3n) is 1.88. The lowest BCUT2D eigenvalue weighted by Crippen LogP contribution is -1.82. The van der Waals surface area contributed by atoms with E-state index in [1.807, 2.05) is 13.8 Å². The van der Waals surface area contributed by atoms with Crippen LogP contribution < -0.4 is 0 Å². The van der Waals surface area contributed by atoms with Crippen LogP contribution in [0.4, 0.5) is 0 Å². The summed E-state index contributed by atoms with van der Waals surface area (Å²) in [4.78, 5) is 0. The summed E-state index contributed by atoms with van der Waals surface area (Å²) in [6.07, 6.45) is 0. The zero-order chi connectivity index (χ0) is 8.85. The molecule has 0 aromatic heterocycles. The van der Waals surface area contributed by atoms with Gasteiger partial charge in [-0.15, -0.1) is 0 Å². The Hall–Kier alpha value is -0.780. The van der Waals surface area contributed by atoms with Crippen molar-refractivity contribution in [1.82, 2.24) is 0 Å². The second kappa shape index (κ2) is 6.90. The monoisotopic (exact) mass is 166 g/mol. The second-order valence-electron chi connectivity index (χ2n) is 2.52. The smallest absolute Gasteiger partial charge is 0.0392 e. The van der Waals surface area contributed by atoms with Crippen LogP contribution in [0.5, 0.6) is 0 Å². The molecule has 1 aromatic carbocycles. The summed E-state index contributed by atoms with van der Waals surface area (Å²) in [6.45, 7) is 10.4. The van der Waals surface area contributed by atoms with Crippen molar-refractivity contribution in [3.05, 3.63) is 34.9 Å². The minimum Gasteiger partial charge on any atom is -0.0776 e. The summed E-state index contributed by atoms with van der Waals surface area (Å²) in [5, 5.41) is 0. The van der Waals surface area contributed by atoms with Gasteiger partial charge in [-0.25, -0.2) is 0 Å². The molecule has 0 aliphatic heterocycles. The number of hydrogen-bond donors (Lipinski definition) is 0. The molecule has 0 saturated heterocycles. The molecule has 1 rings (SSSR count). The van der Waals surface area contributed by atoms with E-state index in [0.717, 1.165) is 0 Å². The Morgan fingerprint density at radius 2 is 1.17 bits per heavy atom. The Morgan fingerprint density at radius 1 is 0.833 bits per heavy atom. The first-order valence-corrected chi connectivity index (χ1v) is 4.24. The highest BCUT2D eigenvalue weighted by Gasteiger charge is 1.91. The van der Waals surface area contributed by atoms with E-state index in [2.05, 4.69) is 39.0 Å². The van der Waals surface area contributed by atoms with Crippen LogP contribution in [0.25, 0.3) is 0 Å². The van der Waals surface area contributed by atoms with E-state index in [0.29, 0.717) is 0 Å². The van der Waals surface area contributed by atoms with E-state index in [1.165, 1.54) is 16.7 Å². The van der Waals surface area contributed by atoms with Gasteiger partial charge < -0.3 is 0 Å². The van der Waals surface area contributed by atoms with E-state index in [-0.39, 0.29) is 7.43 Å². The van der Waals surface area contributed by atoms with Gasteiger partial charge in [0, 0.05) is 0 Å². The van der Waals surface area contributed by atoms with Crippen LogP contribution in [0, 0.1) is 20.8 Å². The quantitative estimate of drug-likeness (QED) is 0.540. The van der Waals surface area contributed by atoms with Crippen molar-refractivity contribution < 1.29 is 0 Å². The van der Waals surface area contributed by atoms with Crippen molar-refractivity contribution in [3.63, 3.8) is 0 Å². The third kappa shape index (κ3) is 3.56. The highest BCUT2D eigenvalue weighted by molar-refractivity contribution is 5.31. The molecule has 0 nitrogen and oxygen atoms in total. The molecule has 0 heteroatoms. The Labute approximate surface area is 77.6 Å². The molecule has 0 atom stereocenters. The molecule has 0 saturated carbocycles. The lowest BCUT2D eigenvalue weighted by Gasteiger charge is -2.00. The van der Waals surface area contributed by atoms with E-state index in [9.17, 15) is 0 Å². The lowest BCUT2D eigenvalue weighted by atomic mass is 10.1. The summed E-state index contributed by atoms with van der Waals surface area (Å²) in [5.74, 6) is 0.